The second-order valence-electron chi connectivity index (χ2n) is 5.01. The van der Waals surface area contributed by atoms with E-state index in [4.69, 9.17) is 0 Å². The average Bonchev–Trinajstić information content (AvgIpc) is 2.36. The maximum Gasteiger partial charge on any atom is 0.0766 e. The third kappa shape index (κ3) is 4.81. The second-order valence-corrected chi connectivity index (χ2v) is 5.01. The number of rotatable bonds is 7. The van der Waals surface area contributed by atoms with Gasteiger partial charge in [-0.3, -0.25) is 0 Å². The molecule has 16 heavy (non-hydrogen) atoms. The van der Waals surface area contributed by atoms with E-state index in [2.05, 4.69) is 24.1 Å². The fourth-order valence-corrected chi connectivity index (χ4v) is 2.24. The van der Waals surface area contributed by atoms with E-state index in [1.165, 1.54) is 32.4 Å². The minimum Gasteiger partial charge on any atom is -0.389 e. The summed E-state index contributed by atoms with van der Waals surface area (Å²) in [7, 11) is 0. The number of hydrogen-bond donors (Lipinski definition) is 2. The molecule has 0 bridgehead atoms. The molecule has 0 unspecified atom stereocenters. The standard InChI is InChI=1S/C13H28N2O/c1-3-13(16,4-2)12-14-8-11-15-9-6-5-7-10-15/h14,16H,3-12H2,1-2H3. The topological polar surface area (TPSA) is 35.5 Å². The summed E-state index contributed by atoms with van der Waals surface area (Å²) in [5.74, 6) is 0. The Balaban J connectivity index is 2.06. The van der Waals surface area contributed by atoms with E-state index < -0.39 is 5.60 Å². The van der Waals surface area contributed by atoms with E-state index in [0.29, 0.717) is 0 Å². The number of nitrogens with zero attached hydrogens (tertiary/aromatic N) is 1. The SMILES string of the molecule is CCC(O)(CC)CNCCN1CCCCC1. The van der Waals surface area contributed by atoms with Gasteiger partial charge in [-0.25, -0.2) is 0 Å². The molecule has 0 radical (unpaired) electrons. The Hall–Kier alpha value is -0.120. The molecule has 1 aliphatic rings. The molecule has 1 aliphatic heterocycles. The molecule has 1 rings (SSSR count). The van der Waals surface area contributed by atoms with Gasteiger partial charge < -0.3 is 15.3 Å². The Morgan fingerprint density at radius 1 is 1.12 bits per heavy atom. The van der Waals surface area contributed by atoms with Crippen LogP contribution in [0.4, 0.5) is 0 Å². The van der Waals surface area contributed by atoms with Crippen molar-refractivity contribution in [2.24, 2.45) is 0 Å². The van der Waals surface area contributed by atoms with Crippen LogP contribution in [0.3, 0.4) is 0 Å². The second kappa shape index (κ2) is 7.25. The van der Waals surface area contributed by atoms with Gasteiger partial charge >= 0.3 is 0 Å². The molecule has 0 spiro atoms. The summed E-state index contributed by atoms with van der Waals surface area (Å²) < 4.78 is 0. The molecule has 1 heterocycles. The first kappa shape index (κ1) is 13.9. The molecule has 0 aromatic carbocycles. The summed E-state index contributed by atoms with van der Waals surface area (Å²) in [5, 5.41) is 13.5. The van der Waals surface area contributed by atoms with Crippen molar-refractivity contribution in [3.63, 3.8) is 0 Å². The summed E-state index contributed by atoms with van der Waals surface area (Å²) in [6.45, 7) is 9.48. The van der Waals surface area contributed by atoms with E-state index >= 15 is 0 Å². The van der Waals surface area contributed by atoms with Crippen molar-refractivity contribution in [3.8, 4) is 0 Å². The minimum absolute atomic E-state index is 0.498. The molecule has 0 saturated carbocycles. The minimum atomic E-state index is -0.498. The fourth-order valence-electron chi connectivity index (χ4n) is 2.24. The summed E-state index contributed by atoms with van der Waals surface area (Å²) in [4.78, 5) is 2.52. The van der Waals surface area contributed by atoms with Crippen LogP contribution in [0.2, 0.25) is 0 Å². The largest absolute Gasteiger partial charge is 0.389 e. The van der Waals surface area contributed by atoms with Gasteiger partial charge in [0.15, 0.2) is 0 Å². The lowest BCUT2D eigenvalue weighted by molar-refractivity contribution is 0.0320. The summed E-state index contributed by atoms with van der Waals surface area (Å²) >= 11 is 0. The lowest BCUT2D eigenvalue weighted by Crippen LogP contribution is -2.43. The van der Waals surface area contributed by atoms with Crippen molar-refractivity contribution in [1.82, 2.24) is 10.2 Å². The zero-order chi connectivity index (χ0) is 11.9. The number of likely N-dealkylation sites (tertiary alicyclic amines) is 1. The molecular weight excluding hydrogens is 200 g/mol. The highest BCUT2D eigenvalue weighted by atomic mass is 16.3. The summed E-state index contributed by atoms with van der Waals surface area (Å²) in [6, 6.07) is 0. The molecule has 3 heteroatoms. The molecule has 2 N–H and O–H groups in total. The number of piperidine rings is 1. The average molecular weight is 228 g/mol. The van der Waals surface area contributed by atoms with Crippen molar-refractivity contribution in [3.05, 3.63) is 0 Å². The highest BCUT2D eigenvalue weighted by Gasteiger charge is 2.21. The Bertz CT molecular complexity index is 175. The van der Waals surface area contributed by atoms with Crippen LogP contribution in [0.25, 0.3) is 0 Å². The maximum atomic E-state index is 10.1. The zero-order valence-electron chi connectivity index (χ0n) is 11.0. The highest BCUT2D eigenvalue weighted by Crippen LogP contribution is 2.12. The van der Waals surface area contributed by atoms with Crippen LogP contribution in [0.1, 0.15) is 46.0 Å². The molecular formula is C13H28N2O. The van der Waals surface area contributed by atoms with Crippen LogP contribution in [0.15, 0.2) is 0 Å². The van der Waals surface area contributed by atoms with Gasteiger partial charge in [0.25, 0.3) is 0 Å². The normalized spacial score (nSPS) is 18.9. The van der Waals surface area contributed by atoms with Crippen LogP contribution in [0.5, 0.6) is 0 Å². The Labute approximate surface area is 100 Å². The van der Waals surface area contributed by atoms with Crippen LogP contribution in [-0.2, 0) is 0 Å². The first-order chi connectivity index (χ1) is 7.70. The molecule has 0 atom stereocenters. The van der Waals surface area contributed by atoms with Crippen molar-refractivity contribution in [2.75, 3.05) is 32.7 Å². The Morgan fingerprint density at radius 2 is 1.75 bits per heavy atom. The predicted molar refractivity (Wildman–Crippen MR) is 68.7 cm³/mol. The molecule has 0 aromatic heterocycles. The Morgan fingerprint density at radius 3 is 2.31 bits per heavy atom. The van der Waals surface area contributed by atoms with Gasteiger partial charge in [0.2, 0.25) is 0 Å². The highest BCUT2D eigenvalue weighted by molar-refractivity contribution is 4.78. The van der Waals surface area contributed by atoms with Gasteiger partial charge in [0.1, 0.15) is 0 Å². The van der Waals surface area contributed by atoms with Crippen LogP contribution in [0, 0.1) is 0 Å². The molecule has 0 aliphatic carbocycles. The number of nitrogens with one attached hydrogen (secondary N) is 1. The van der Waals surface area contributed by atoms with Gasteiger partial charge in [0, 0.05) is 19.6 Å². The van der Waals surface area contributed by atoms with Crippen LogP contribution in [-0.4, -0.2) is 48.3 Å². The first-order valence-electron chi connectivity index (χ1n) is 6.85. The third-order valence-corrected chi connectivity index (χ3v) is 3.82. The molecule has 1 saturated heterocycles. The lowest BCUT2D eigenvalue weighted by Gasteiger charge is -2.28. The lowest BCUT2D eigenvalue weighted by atomic mass is 9.98. The van der Waals surface area contributed by atoms with E-state index in [0.717, 1.165) is 32.5 Å². The van der Waals surface area contributed by atoms with Crippen LogP contribution >= 0.6 is 0 Å². The van der Waals surface area contributed by atoms with Crippen LogP contribution < -0.4 is 5.32 Å². The maximum absolute atomic E-state index is 10.1. The van der Waals surface area contributed by atoms with Crippen molar-refractivity contribution < 1.29 is 5.11 Å². The van der Waals surface area contributed by atoms with Gasteiger partial charge in [-0.15, -0.1) is 0 Å². The molecule has 96 valence electrons. The van der Waals surface area contributed by atoms with Crippen molar-refractivity contribution in [1.29, 1.82) is 0 Å². The zero-order valence-corrected chi connectivity index (χ0v) is 11.0. The number of aliphatic hydroxyl groups is 1. The summed E-state index contributed by atoms with van der Waals surface area (Å²) in [5.41, 5.74) is -0.498. The predicted octanol–water partition coefficient (Wildman–Crippen LogP) is 1.61. The van der Waals surface area contributed by atoms with Crippen molar-refractivity contribution in [2.45, 2.75) is 51.6 Å². The molecule has 0 aromatic rings. The van der Waals surface area contributed by atoms with E-state index in [1.54, 1.807) is 0 Å². The molecule has 1 fully saturated rings. The van der Waals surface area contributed by atoms with Gasteiger partial charge in [-0.2, -0.15) is 0 Å². The monoisotopic (exact) mass is 228 g/mol. The third-order valence-electron chi connectivity index (χ3n) is 3.82. The Kier molecular flexibility index (Phi) is 6.32. The van der Waals surface area contributed by atoms with E-state index in [9.17, 15) is 5.11 Å². The molecule has 3 nitrogen and oxygen atoms in total. The van der Waals surface area contributed by atoms with Gasteiger partial charge in [-0.1, -0.05) is 20.3 Å². The summed E-state index contributed by atoms with van der Waals surface area (Å²) in [6.07, 6.45) is 5.78. The van der Waals surface area contributed by atoms with Gasteiger partial charge in [-0.05, 0) is 38.8 Å². The van der Waals surface area contributed by atoms with E-state index in [1.807, 2.05) is 0 Å². The van der Waals surface area contributed by atoms with Gasteiger partial charge in [0.05, 0.1) is 5.60 Å². The number of hydrogen-bond acceptors (Lipinski definition) is 3. The quantitative estimate of drug-likeness (QED) is 0.650. The fraction of sp³-hybridized carbons (Fsp3) is 1.00. The first-order valence-corrected chi connectivity index (χ1v) is 6.85. The van der Waals surface area contributed by atoms with E-state index in [-0.39, 0.29) is 0 Å². The smallest absolute Gasteiger partial charge is 0.0766 e. The molecule has 0 amide bonds. The van der Waals surface area contributed by atoms with Crippen molar-refractivity contribution >= 4 is 0 Å².